The number of carbonyl (C=O) groups excluding carboxylic acids is 1. The quantitative estimate of drug-likeness (QED) is 0.844. The van der Waals surface area contributed by atoms with Crippen LogP contribution in [0.5, 0.6) is 0 Å². The average Bonchev–Trinajstić information content (AvgIpc) is 3.13. The molecule has 2 aromatic carbocycles. The minimum absolute atomic E-state index is 0.216. The van der Waals surface area contributed by atoms with Gasteiger partial charge in [-0.2, -0.15) is 4.31 Å². The van der Waals surface area contributed by atoms with Gasteiger partial charge in [0, 0.05) is 23.8 Å². The second kappa shape index (κ2) is 7.33. The van der Waals surface area contributed by atoms with Crippen molar-refractivity contribution in [2.75, 3.05) is 18.4 Å². The van der Waals surface area contributed by atoms with Gasteiger partial charge in [-0.3, -0.25) is 4.79 Å². The number of hydrogen-bond donors (Lipinski definition) is 1. The van der Waals surface area contributed by atoms with Gasteiger partial charge in [0.2, 0.25) is 10.0 Å². The molecule has 0 unspecified atom stereocenters. The predicted molar refractivity (Wildman–Crippen MR) is 98.9 cm³/mol. The number of nitrogens with one attached hydrogen (secondary N) is 1. The van der Waals surface area contributed by atoms with Crippen molar-refractivity contribution in [1.29, 1.82) is 0 Å². The lowest BCUT2D eigenvalue weighted by molar-refractivity contribution is 0.102. The van der Waals surface area contributed by atoms with Gasteiger partial charge in [-0.05, 0) is 55.3 Å². The van der Waals surface area contributed by atoms with Crippen LogP contribution in [-0.2, 0) is 10.0 Å². The molecular formula is C17H16Cl2N2O3S. The van der Waals surface area contributed by atoms with E-state index in [1.807, 2.05) is 0 Å². The Morgan fingerprint density at radius 2 is 1.64 bits per heavy atom. The fraction of sp³-hybridized carbons (Fsp3) is 0.235. The van der Waals surface area contributed by atoms with Gasteiger partial charge < -0.3 is 5.32 Å². The minimum atomic E-state index is -3.47. The Labute approximate surface area is 156 Å². The summed E-state index contributed by atoms with van der Waals surface area (Å²) in [6.45, 7) is 1.10. The maximum Gasteiger partial charge on any atom is 0.257 e. The molecule has 0 atom stereocenters. The Morgan fingerprint density at radius 1 is 1.00 bits per heavy atom. The highest BCUT2D eigenvalue weighted by atomic mass is 35.5. The molecule has 0 bridgehead atoms. The molecule has 0 aromatic heterocycles. The first kappa shape index (κ1) is 18.2. The van der Waals surface area contributed by atoms with Crippen LogP contribution in [0.3, 0.4) is 0 Å². The predicted octanol–water partition coefficient (Wildman–Crippen LogP) is 4.03. The van der Waals surface area contributed by atoms with Crippen molar-refractivity contribution in [3.63, 3.8) is 0 Å². The van der Waals surface area contributed by atoms with Crippen molar-refractivity contribution >= 4 is 44.8 Å². The molecule has 0 saturated carbocycles. The summed E-state index contributed by atoms with van der Waals surface area (Å²) in [6, 6.07) is 10.7. The number of nitrogens with zero attached hydrogens (tertiary/aromatic N) is 1. The molecule has 5 nitrogen and oxygen atoms in total. The molecule has 1 aliphatic heterocycles. The van der Waals surface area contributed by atoms with Crippen LogP contribution in [-0.4, -0.2) is 31.7 Å². The average molecular weight is 399 g/mol. The molecule has 1 heterocycles. The Bertz CT molecular complexity index is 893. The van der Waals surface area contributed by atoms with E-state index >= 15 is 0 Å². The van der Waals surface area contributed by atoms with Crippen LogP contribution in [0.2, 0.25) is 10.0 Å². The third-order valence-corrected chi connectivity index (χ3v) is 6.47. The molecule has 0 radical (unpaired) electrons. The topological polar surface area (TPSA) is 66.5 Å². The molecule has 1 amide bonds. The standard InChI is InChI=1S/C17H16Cl2N2O3S/c18-12-3-8-16(19)15(11-12)17(22)20-13-4-6-14(7-5-13)25(23,24)21-9-1-2-10-21/h3-8,11H,1-2,9-10H2,(H,20,22). The van der Waals surface area contributed by atoms with Crippen molar-refractivity contribution < 1.29 is 13.2 Å². The van der Waals surface area contributed by atoms with Crippen LogP contribution in [0.25, 0.3) is 0 Å². The largest absolute Gasteiger partial charge is 0.322 e. The zero-order valence-electron chi connectivity index (χ0n) is 13.2. The first-order chi connectivity index (χ1) is 11.9. The normalized spacial score (nSPS) is 15.3. The van der Waals surface area contributed by atoms with E-state index in [1.54, 1.807) is 24.3 Å². The van der Waals surface area contributed by atoms with Gasteiger partial charge in [0.05, 0.1) is 15.5 Å². The van der Waals surface area contributed by atoms with Crippen molar-refractivity contribution in [3.8, 4) is 0 Å². The Kier molecular flexibility index (Phi) is 5.34. The van der Waals surface area contributed by atoms with Crippen molar-refractivity contribution in [2.24, 2.45) is 0 Å². The lowest BCUT2D eigenvalue weighted by Gasteiger charge is -2.15. The van der Waals surface area contributed by atoms with E-state index in [2.05, 4.69) is 5.32 Å². The van der Waals surface area contributed by atoms with Gasteiger partial charge in [-0.1, -0.05) is 23.2 Å². The molecule has 0 spiro atoms. The molecule has 2 aromatic rings. The van der Waals surface area contributed by atoms with E-state index < -0.39 is 15.9 Å². The Hall–Kier alpha value is -1.60. The van der Waals surface area contributed by atoms with Gasteiger partial charge in [-0.25, -0.2) is 8.42 Å². The maximum atomic E-state index is 12.5. The Morgan fingerprint density at radius 3 is 2.28 bits per heavy atom. The minimum Gasteiger partial charge on any atom is -0.322 e. The number of benzene rings is 2. The Balaban J connectivity index is 1.76. The summed E-state index contributed by atoms with van der Waals surface area (Å²) < 4.78 is 26.4. The van der Waals surface area contributed by atoms with Crippen LogP contribution < -0.4 is 5.32 Å². The molecule has 1 saturated heterocycles. The molecule has 1 aliphatic rings. The molecule has 0 aliphatic carbocycles. The highest BCUT2D eigenvalue weighted by Crippen LogP contribution is 2.24. The van der Waals surface area contributed by atoms with E-state index in [9.17, 15) is 13.2 Å². The van der Waals surface area contributed by atoms with Crippen molar-refractivity contribution in [2.45, 2.75) is 17.7 Å². The molecule has 3 rings (SSSR count). The van der Waals surface area contributed by atoms with Crippen molar-refractivity contribution in [1.82, 2.24) is 4.31 Å². The van der Waals surface area contributed by atoms with Gasteiger partial charge >= 0.3 is 0 Å². The summed E-state index contributed by atoms with van der Waals surface area (Å²) in [5.41, 5.74) is 0.726. The lowest BCUT2D eigenvalue weighted by atomic mass is 10.2. The number of halogens is 2. The zero-order chi connectivity index (χ0) is 18.0. The molecule has 25 heavy (non-hydrogen) atoms. The summed E-state index contributed by atoms with van der Waals surface area (Å²) >= 11 is 11.9. The highest BCUT2D eigenvalue weighted by Gasteiger charge is 2.26. The van der Waals surface area contributed by atoms with E-state index in [0.717, 1.165) is 12.8 Å². The molecule has 1 N–H and O–H groups in total. The number of amides is 1. The van der Waals surface area contributed by atoms with Crippen LogP contribution in [0.4, 0.5) is 5.69 Å². The fourth-order valence-corrected chi connectivity index (χ4v) is 4.55. The number of anilines is 1. The number of sulfonamides is 1. The SMILES string of the molecule is O=C(Nc1ccc(S(=O)(=O)N2CCCC2)cc1)c1cc(Cl)ccc1Cl. The maximum absolute atomic E-state index is 12.5. The van der Waals surface area contributed by atoms with Crippen LogP contribution >= 0.6 is 23.2 Å². The second-order valence-corrected chi connectivity index (χ2v) is 8.50. The first-order valence-electron chi connectivity index (χ1n) is 7.74. The van der Waals surface area contributed by atoms with E-state index in [0.29, 0.717) is 23.8 Å². The molecule has 8 heteroatoms. The third kappa shape index (κ3) is 3.98. The number of hydrogen-bond acceptors (Lipinski definition) is 3. The van der Waals surface area contributed by atoms with E-state index in [1.165, 1.54) is 22.5 Å². The van der Waals surface area contributed by atoms with E-state index in [-0.39, 0.29) is 15.5 Å². The van der Waals surface area contributed by atoms with Gasteiger partial charge in [-0.15, -0.1) is 0 Å². The second-order valence-electron chi connectivity index (χ2n) is 5.71. The van der Waals surface area contributed by atoms with Gasteiger partial charge in [0.1, 0.15) is 0 Å². The molecule has 1 fully saturated rings. The summed E-state index contributed by atoms with van der Waals surface area (Å²) in [6.07, 6.45) is 1.77. The van der Waals surface area contributed by atoms with Crippen LogP contribution in [0.1, 0.15) is 23.2 Å². The summed E-state index contributed by atoms with van der Waals surface area (Å²) in [5.74, 6) is -0.414. The van der Waals surface area contributed by atoms with Crippen molar-refractivity contribution in [3.05, 3.63) is 58.1 Å². The smallest absolute Gasteiger partial charge is 0.257 e. The fourth-order valence-electron chi connectivity index (χ4n) is 2.66. The monoisotopic (exact) mass is 398 g/mol. The first-order valence-corrected chi connectivity index (χ1v) is 9.94. The summed E-state index contributed by atoms with van der Waals surface area (Å²) in [5, 5.41) is 3.38. The third-order valence-electron chi connectivity index (χ3n) is 3.99. The zero-order valence-corrected chi connectivity index (χ0v) is 15.5. The summed E-state index contributed by atoms with van der Waals surface area (Å²) in [7, 11) is -3.47. The number of rotatable bonds is 4. The van der Waals surface area contributed by atoms with Crippen LogP contribution in [0.15, 0.2) is 47.4 Å². The lowest BCUT2D eigenvalue weighted by Crippen LogP contribution is -2.27. The number of carbonyl (C=O) groups is 1. The summed E-state index contributed by atoms with van der Waals surface area (Å²) in [4.78, 5) is 12.5. The molecule has 132 valence electrons. The van der Waals surface area contributed by atoms with Gasteiger partial charge in [0.15, 0.2) is 0 Å². The van der Waals surface area contributed by atoms with E-state index in [4.69, 9.17) is 23.2 Å². The molecular weight excluding hydrogens is 383 g/mol. The van der Waals surface area contributed by atoms with Crippen LogP contribution in [0, 0.1) is 0 Å². The van der Waals surface area contributed by atoms with Gasteiger partial charge in [0.25, 0.3) is 5.91 Å². The highest BCUT2D eigenvalue weighted by molar-refractivity contribution is 7.89.